The van der Waals surface area contributed by atoms with Gasteiger partial charge in [0.05, 0.1) is 24.6 Å². The second kappa shape index (κ2) is 10.5. The zero-order valence-corrected chi connectivity index (χ0v) is 21.7. The molecule has 0 radical (unpaired) electrons. The maximum atomic E-state index is 13.3. The van der Waals surface area contributed by atoms with Crippen LogP contribution in [0.25, 0.3) is 10.9 Å². The van der Waals surface area contributed by atoms with Gasteiger partial charge in [0.1, 0.15) is 10.7 Å². The molecule has 0 atom stereocenters. The molecular formula is C22H19F3N6O6S2. The lowest BCUT2D eigenvalue weighted by Crippen LogP contribution is -2.12. The van der Waals surface area contributed by atoms with Gasteiger partial charge in [0.2, 0.25) is 16.0 Å². The van der Waals surface area contributed by atoms with Crippen molar-refractivity contribution < 1.29 is 41.0 Å². The number of rotatable bonds is 9. The van der Waals surface area contributed by atoms with E-state index in [0.717, 1.165) is 0 Å². The molecule has 0 bridgehead atoms. The molecule has 0 aliphatic carbocycles. The van der Waals surface area contributed by atoms with E-state index in [-0.39, 0.29) is 39.7 Å². The maximum Gasteiger partial charge on any atom is 0.435 e. The Hall–Kier alpha value is -4.22. The van der Waals surface area contributed by atoms with Crippen LogP contribution in [0.15, 0.2) is 41.3 Å². The van der Waals surface area contributed by atoms with Crippen LogP contribution in [0.1, 0.15) is 20.9 Å². The molecule has 4 aromatic rings. The number of aromatic carboxylic acids is 1. The second-order valence-corrected chi connectivity index (χ2v) is 10.3. The lowest BCUT2D eigenvalue weighted by atomic mass is 10.2. The Morgan fingerprint density at radius 3 is 2.26 bits per heavy atom. The summed E-state index contributed by atoms with van der Waals surface area (Å²) in [6.07, 6.45) is -4.98. The fourth-order valence-electron chi connectivity index (χ4n) is 3.44. The van der Waals surface area contributed by atoms with Crippen molar-refractivity contribution in [1.82, 2.24) is 15.0 Å². The number of thiazole rings is 1. The molecular weight excluding hydrogens is 565 g/mol. The number of hydrogen-bond acceptors (Lipinski definition) is 11. The standard InChI is InChI=1S/C22H19F3N6O6S2/c1-36-14-7-12-13(8-15(14)37-2)28-20(31-21-29-17(22(23,24)25)16(38-21)19(32)33)30-18(12)27-9-10-3-5-11(6-4-10)39(26,34)35/h3-8H,9H2,1-2H3,(H,32,33)(H2,26,34,35)(H2,27,28,29,30,31). The molecule has 0 spiro atoms. The number of nitrogens with two attached hydrogens (primary N) is 1. The van der Waals surface area contributed by atoms with E-state index >= 15 is 0 Å². The van der Waals surface area contributed by atoms with Crippen molar-refractivity contribution in [2.75, 3.05) is 24.9 Å². The predicted octanol–water partition coefficient (Wildman–Crippen LogP) is 3.82. The number of nitrogens with zero attached hydrogens (tertiary/aromatic N) is 3. The summed E-state index contributed by atoms with van der Waals surface area (Å²) in [7, 11) is -1.02. The van der Waals surface area contributed by atoms with E-state index in [2.05, 4.69) is 25.6 Å². The van der Waals surface area contributed by atoms with Crippen LogP contribution >= 0.6 is 11.3 Å². The van der Waals surface area contributed by atoms with E-state index in [1.54, 1.807) is 18.2 Å². The number of primary sulfonamides is 1. The van der Waals surface area contributed by atoms with E-state index in [1.807, 2.05) is 0 Å². The van der Waals surface area contributed by atoms with Crippen molar-refractivity contribution in [1.29, 1.82) is 0 Å². The van der Waals surface area contributed by atoms with Gasteiger partial charge in [-0.05, 0) is 23.8 Å². The Morgan fingerprint density at radius 2 is 1.72 bits per heavy atom. The summed E-state index contributed by atoms with van der Waals surface area (Å²) in [5.41, 5.74) is -0.579. The van der Waals surface area contributed by atoms with Crippen molar-refractivity contribution in [2.45, 2.75) is 17.6 Å². The smallest absolute Gasteiger partial charge is 0.435 e. The summed E-state index contributed by atoms with van der Waals surface area (Å²) < 4.78 is 73.5. The fraction of sp³-hybridized carbons (Fsp3) is 0.182. The number of aromatic nitrogens is 3. The Balaban J connectivity index is 1.74. The summed E-state index contributed by atoms with van der Waals surface area (Å²) in [5.74, 6) is -1.05. The summed E-state index contributed by atoms with van der Waals surface area (Å²) in [5, 5.41) is 20.0. The number of benzene rings is 2. The van der Waals surface area contributed by atoms with E-state index < -0.39 is 32.7 Å². The molecule has 0 aliphatic heterocycles. The Morgan fingerprint density at radius 1 is 1.08 bits per heavy atom. The average molecular weight is 585 g/mol. The van der Waals surface area contributed by atoms with Crippen LogP contribution in [0, 0.1) is 0 Å². The number of halogens is 3. The van der Waals surface area contributed by atoms with Gasteiger partial charge in [-0.1, -0.05) is 23.5 Å². The predicted molar refractivity (Wildman–Crippen MR) is 135 cm³/mol. The zero-order chi connectivity index (χ0) is 28.5. The highest BCUT2D eigenvalue weighted by Crippen LogP contribution is 2.38. The number of alkyl halides is 3. The van der Waals surface area contributed by atoms with Crippen LogP contribution in [-0.4, -0.2) is 48.7 Å². The van der Waals surface area contributed by atoms with Crippen LogP contribution in [0.3, 0.4) is 0 Å². The number of carboxylic acids is 1. The molecule has 0 fully saturated rings. The molecule has 17 heteroatoms. The van der Waals surface area contributed by atoms with Crippen molar-refractivity contribution >= 4 is 55.1 Å². The largest absolute Gasteiger partial charge is 0.493 e. The van der Waals surface area contributed by atoms with Gasteiger partial charge in [0.15, 0.2) is 22.3 Å². The Labute approximate surface area is 222 Å². The first-order chi connectivity index (χ1) is 18.3. The molecule has 0 saturated carbocycles. The fourth-order valence-corrected chi connectivity index (χ4v) is 4.77. The molecule has 2 aromatic carbocycles. The third-order valence-corrected chi connectivity index (χ3v) is 7.11. The van der Waals surface area contributed by atoms with E-state index in [1.165, 1.54) is 32.4 Å². The van der Waals surface area contributed by atoms with Crippen molar-refractivity contribution in [2.24, 2.45) is 5.14 Å². The van der Waals surface area contributed by atoms with Crippen LogP contribution < -0.4 is 25.2 Å². The van der Waals surface area contributed by atoms with Crippen LogP contribution in [-0.2, 0) is 22.7 Å². The number of anilines is 3. The first kappa shape index (κ1) is 27.8. The van der Waals surface area contributed by atoms with Crippen molar-refractivity contribution in [3.63, 3.8) is 0 Å². The molecule has 5 N–H and O–H groups in total. The molecule has 0 unspecified atom stereocenters. The lowest BCUT2D eigenvalue weighted by molar-refractivity contribution is -0.141. The highest BCUT2D eigenvalue weighted by atomic mass is 32.2. The van der Waals surface area contributed by atoms with Gasteiger partial charge in [0.25, 0.3) is 0 Å². The quantitative estimate of drug-likeness (QED) is 0.225. The summed E-state index contributed by atoms with van der Waals surface area (Å²) in [4.78, 5) is 22.3. The topological polar surface area (TPSA) is 179 Å². The first-order valence-electron chi connectivity index (χ1n) is 10.7. The van der Waals surface area contributed by atoms with E-state index in [9.17, 15) is 31.5 Å². The SMILES string of the molecule is COc1cc2nc(Nc3nc(C(F)(F)F)c(C(=O)O)s3)nc(NCc3ccc(S(N)(=O)=O)cc3)c2cc1OC. The third kappa shape index (κ3) is 6.10. The van der Waals surface area contributed by atoms with Crippen LogP contribution in [0.4, 0.5) is 30.1 Å². The van der Waals surface area contributed by atoms with Gasteiger partial charge in [-0.25, -0.2) is 28.3 Å². The minimum absolute atomic E-state index is 0.0653. The van der Waals surface area contributed by atoms with Gasteiger partial charge in [0, 0.05) is 18.0 Å². The second-order valence-electron chi connectivity index (χ2n) is 7.79. The average Bonchev–Trinajstić information content (AvgIpc) is 3.31. The lowest BCUT2D eigenvalue weighted by Gasteiger charge is -2.14. The minimum Gasteiger partial charge on any atom is -0.493 e. The van der Waals surface area contributed by atoms with Crippen molar-refractivity contribution in [3.05, 3.63) is 52.5 Å². The summed E-state index contributed by atoms with van der Waals surface area (Å²) in [6.45, 7) is 0.156. The maximum absolute atomic E-state index is 13.3. The molecule has 2 heterocycles. The number of carbonyl (C=O) groups is 1. The monoisotopic (exact) mass is 584 g/mol. The Kier molecular flexibility index (Phi) is 7.49. The molecule has 12 nitrogen and oxygen atoms in total. The van der Waals surface area contributed by atoms with E-state index in [0.29, 0.717) is 28.0 Å². The van der Waals surface area contributed by atoms with Crippen molar-refractivity contribution in [3.8, 4) is 11.5 Å². The number of hydrogen-bond donors (Lipinski definition) is 4. The Bertz CT molecular complexity index is 1660. The third-order valence-electron chi connectivity index (χ3n) is 5.22. The molecule has 0 amide bonds. The van der Waals surface area contributed by atoms with Crippen LogP contribution in [0.5, 0.6) is 11.5 Å². The zero-order valence-electron chi connectivity index (χ0n) is 20.0. The molecule has 0 saturated heterocycles. The van der Waals surface area contributed by atoms with Gasteiger partial charge >= 0.3 is 12.1 Å². The first-order valence-corrected chi connectivity index (χ1v) is 13.0. The number of nitrogens with one attached hydrogen (secondary N) is 2. The highest BCUT2D eigenvalue weighted by molar-refractivity contribution is 7.89. The molecule has 206 valence electrons. The number of methoxy groups -OCH3 is 2. The van der Waals surface area contributed by atoms with Gasteiger partial charge < -0.3 is 19.9 Å². The van der Waals surface area contributed by atoms with E-state index in [4.69, 9.17) is 14.6 Å². The van der Waals surface area contributed by atoms with Gasteiger partial charge in [-0.3, -0.25) is 5.32 Å². The number of fused-ring (bicyclic) bond motifs is 1. The number of ether oxygens (including phenoxy) is 2. The molecule has 4 rings (SSSR count). The van der Waals surface area contributed by atoms with Gasteiger partial charge in [-0.2, -0.15) is 18.2 Å². The number of sulfonamides is 1. The highest BCUT2D eigenvalue weighted by Gasteiger charge is 2.40. The summed E-state index contributed by atoms with van der Waals surface area (Å²) in [6, 6.07) is 8.88. The molecule has 2 aromatic heterocycles. The summed E-state index contributed by atoms with van der Waals surface area (Å²) >= 11 is 0.282. The minimum atomic E-state index is -4.98. The van der Waals surface area contributed by atoms with Crippen LogP contribution in [0.2, 0.25) is 0 Å². The molecule has 0 aliphatic rings. The number of carboxylic acid groups (broad SMARTS) is 1. The normalized spacial score (nSPS) is 11.8. The van der Waals surface area contributed by atoms with Gasteiger partial charge in [-0.15, -0.1) is 0 Å². The molecule has 39 heavy (non-hydrogen) atoms.